The van der Waals surface area contributed by atoms with Crippen molar-refractivity contribution in [3.8, 4) is 0 Å². The van der Waals surface area contributed by atoms with Crippen LogP contribution in [-0.2, 0) is 0 Å². The van der Waals surface area contributed by atoms with Crippen LogP contribution in [0.5, 0.6) is 0 Å². The zero-order valence-electron chi connectivity index (χ0n) is 7.74. The van der Waals surface area contributed by atoms with Crippen molar-refractivity contribution in [3.63, 3.8) is 0 Å². The van der Waals surface area contributed by atoms with E-state index < -0.39 is 0 Å². The lowest BCUT2D eigenvalue weighted by Crippen LogP contribution is -2.05. The molecule has 2 rings (SSSR count). The molecule has 74 valence electrons. The van der Waals surface area contributed by atoms with Gasteiger partial charge in [0.1, 0.15) is 10.9 Å². The van der Waals surface area contributed by atoms with E-state index in [1.165, 1.54) is 6.33 Å². The van der Waals surface area contributed by atoms with Gasteiger partial charge in [-0.1, -0.05) is 6.92 Å². The SMILES string of the molecule is CCCNc1nc(Br)cn2ncnc12. The molecule has 1 N–H and O–H groups in total. The van der Waals surface area contributed by atoms with Crippen LogP contribution < -0.4 is 5.32 Å². The Morgan fingerprint density at radius 2 is 2.43 bits per heavy atom. The number of hydrogen-bond acceptors (Lipinski definition) is 4. The first kappa shape index (κ1) is 9.39. The predicted octanol–water partition coefficient (Wildman–Crippen LogP) is 1.71. The molecule has 0 atom stereocenters. The lowest BCUT2D eigenvalue weighted by Gasteiger charge is -2.04. The Hall–Kier alpha value is -1.17. The van der Waals surface area contributed by atoms with Gasteiger partial charge in [-0.2, -0.15) is 5.10 Å². The first-order valence-electron chi connectivity index (χ1n) is 4.41. The highest BCUT2D eigenvalue weighted by Crippen LogP contribution is 2.15. The van der Waals surface area contributed by atoms with E-state index in [-0.39, 0.29) is 0 Å². The number of aromatic nitrogens is 4. The molecule has 0 radical (unpaired) electrons. The fraction of sp³-hybridized carbons (Fsp3) is 0.375. The minimum atomic E-state index is 0.745. The molecule has 0 bridgehead atoms. The van der Waals surface area contributed by atoms with Crippen molar-refractivity contribution in [3.05, 3.63) is 17.1 Å². The van der Waals surface area contributed by atoms with Crippen LogP contribution in [0.25, 0.3) is 5.65 Å². The van der Waals surface area contributed by atoms with E-state index in [1.54, 1.807) is 10.7 Å². The second-order valence-corrected chi connectivity index (χ2v) is 3.68. The number of anilines is 1. The maximum absolute atomic E-state index is 4.29. The Labute approximate surface area is 89.7 Å². The highest BCUT2D eigenvalue weighted by Gasteiger charge is 2.05. The van der Waals surface area contributed by atoms with Crippen molar-refractivity contribution in [1.82, 2.24) is 19.6 Å². The smallest absolute Gasteiger partial charge is 0.198 e. The summed E-state index contributed by atoms with van der Waals surface area (Å²) in [6, 6.07) is 0. The van der Waals surface area contributed by atoms with Gasteiger partial charge in [0.05, 0.1) is 6.20 Å². The van der Waals surface area contributed by atoms with Gasteiger partial charge in [-0.05, 0) is 22.4 Å². The van der Waals surface area contributed by atoms with Crippen LogP contribution in [0.15, 0.2) is 17.1 Å². The van der Waals surface area contributed by atoms with Gasteiger partial charge in [-0.3, -0.25) is 0 Å². The van der Waals surface area contributed by atoms with Crippen molar-refractivity contribution < 1.29 is 0 Å². The molecule has 6 heteroatoms. The average Bonchev–Trinajstić information content (AvgIpc) is 2.61. The first-order valence-corrected chi connectivity index (χ1v) is 5.20. The molecule has 0 aromatic carbocycles. The van der Waals surface area contributed by atoms with Gasteiger partial charge in [0.2, 0.25) is 0 Å². The van der Waals surface area contributed by atoms with Gasteiger partial charge in [-0.15, -0.1) is 0 Å². The molecule has 0 aliphatic heterocycles. The molecule has 2 heterocycles. The summed E-state index contributed by atoms with van der Waals surface area (Å²) < 4.78 is 2.43. The number of nitrogens with zero attached hydrogens (tertiary/aromatic N) is 4. The number of fused-ring (bicyclic) bond motifs is 1. The topological polar surface area (TPSA) is 55.1 Å². The number of halogens is 1. The second kappa shape index (κ2) is 3.91. The Bertz CT molecular complexity index is 438. The van der Waals surface area contributed by atoms with E-state index in [1.807, 2.05) is 0 Å². The molecule has 0 saturated heterocycles. The van der Waals surface area contributed by atoms with Crippen molar-refractivity contribution in [2.24, 2.45) is 0 Å². The minimum absolute atomic E-state index is 0.745. The van der Waals surface area contributed by atoms with Crippen molar-refractivity contribution in [2.45, 2.75) is 13.3 Å². The third kappa shape index (κ3) is 1.70. The standard InChI is InChI=1S/C8H10BrN5/c1-2-3-10-7-8-11-5-12-14(8)4-6(9)13-7/h4-5H,2-3H2,1H3,(H,10,13). The quantitative estimate of drug-likeness (QED) is 0.908. The van der Waals surface area contributed by atoms with Gasteiger partial charge in [0.15, 0.2) is 11.5 Å². The average molecular weight is 256 g/mol. The van der Waals surface area contributed by atoms with Crippen LogP contribution in [0.3, 0.4) is 0 Å². The Morgan fingerprint density at radius 1 is 1.57 bits per heavy atom. The molecule has 2 aromatic heterocycles. The van der Waals surface area contributed by atoms with Crippen LogP contribution in [0, 0.1) is 0 Å². The van der Waals surface area contributed by atoms with Gasteiger partial charge >= 0.3 is 0 Å². The second-order valence-electron chi connectivity index (χ2n) is 2.87. The Balaban J connectivity index is 2.44. The van der Waals surface area contributed by atoms with Crippen LogP contribution in [0.1, 0.15) is 13.3 Å². The molecule has 0 fully saturated rings. The minimum Gasteiger partial charge on any atom is -0.367 e. The number of rotatable bonds is 3. The monoisotopic (exact) mass is 255 g/mol. The van der Waals surface area contributed by atoms with Crippen molar-refractivity contribution in [2.75, 3.05) is 11.9 Å². The molecule has 0 aliphatic carbocycles. The van der Waals surface area contributed by atoms with E-state index in [0.717, 1.165) is 29.0 Å². The third-order valence-corrected chi connectivity index (χ3v) is 2.16. The third-order valence-electron chi connectivity index (χ3n) is 1.77. The highest BCUT2D eigenvalue weighted by atomic mass is 79.9. The first-order chi connectivity index (χ1) is 6.81. The van der Waals surface area contributed by atoms with Crippen LogP contribution in [0.4, 0.5) is 5.82 Å². The largest absolute Gasteiger partial charge is 0.367 e. The molecule has 0 saturated carbocycles. The summed E-state index contributed by atoms with van der Waals surface area (Å²) in [5.41, 5.74) is 0.752. The molecule has 0 spiro atoms. The summed E-state index contributed by atoms with van der Waals surface area (Å²) in [5.74, 6) is 0.763. The molecule has 0 aliphatic rings. The van der Waals surface area contributed by atoms with E-state index in [9.17, 15) is 0 Å². The number of nitrogens with one attached hydrogen (secondary N) is 1. The highest BCUT2D eigenvalue weighted by molar-refractivity contribution is 9.10. The summed E-state index contributed by atoms with van der Waals surface area (Å²) in [6.07, 6.45) is 4.34. The van der Waals surface area contributed by atoms with Gasteiger partial charge in [0, 0.05) is 6.54 Å². The van der Waals surface area contributed by atoms with Gasteiger partial charge in [0.25, 0.3) is 0 Å². The zero-order chi connectivity index (χ0) is 9.97. The summed E-state index contributed by atoms with van der Waals surface area (Å²) >= 11 is 3.32. The molecular weight excluding hydrogens is 246 g/mol. The maximum Gasteiger partial charge on any atom is 0.198 e. The van der Waals surface area contributed by atoms with Crippen LogP contribution in [0.2, 0.25) is 0 Å². The van der Waals surface area contributed by atoms with Crippen molar-refractivity contribution in [1.29, 1.82) is 0 Å². The van der Waals surface area contributed by atoms with Gasteiger partial charge < -0.3 is 5.32 Å². The molecular formula is C8H10BrN5. The lowest BCUT2D eigenvalue weighted by molar-refractivity contribution is 0.921. The fourth-order valence-electron chi connectivity index (χ4n) is 1.16. The fourth-order valence-corrected chi connectivity index (χ4v) is 1.53. The van der Waals surface area contributed by atoms with Crippen LogP contribution >= 0.6 is 15.9 Å². The molecule has 2 aromatic rings. The molecule has 5 nitrogen and oxygen atoms in total. The summed E-state index contributed by atoms with van der Waals surface area (Å²) in [5, 5.41) is 7.24. The normalized spacial score (nSPS) is 10.7. The molecule has 14 heavy (non-hydrogen) atoms. The zero-order valence-corrected chi connectivity index (χ0v) is 9.32. The summed E-state index contributed by atoms with van der Waals surface area (Å²) in [4.78, 5) is 8.41. The van der Waals surface area contributed by atoms with E-state index in [0.29, 0.717) is 0 Å². The molecule has 0 unspecified atom stereocenters. The lowest BCUT2D eigenvalue weighted by atomic mass is 10.5. The summed E-state index contributed by atoms with van der Waals surface area (Å²) in [7, 11) is 0. The number of hydrogen-bond donors (Lipinski definition) is 1. The van der Waals surface area contributed by atoms with Crippen LogP contribution in [-0.4, -0.2) is 26.1 Å². The summed E-state index contributed by atoms with van der Waals surface area (Å²) in [6.45, 7) is 2.98. The van der Waals surface area contributed by atoms with E-state index in [4.69, 9.17) is 0 Å². The van der Waals surface area contributed by atoms with Gasteiger partial charge in [-0.25, -0.2) is 14.5 Å². The molecule has 0 amide bonds. The Kier molecular flexibility index (Phi) is 2.62. The Morgan fingerprint density at radius 3 is 3.21 bits per heavy atom. The van der Waals surface area contributed by atoms with E-state index in [2.05, 4.69) is 43.2 Å². The predicted molar refractivity (Wildman–Crippen MR) is 57.3 cm³/mol. The maximum atomic E-state index is 4.29. The van der Waals surface area contributed by atoms with E-state index >= 15 is 0 Å². The van der Waals surface area contributed by atoms with Crippen molar-refractivity contribution >= 4 is 27.4 Å².